The largest absolute Gasteiger partial charge is 0.480 e. The van der Waals surface area contributed by atoms with Crippen LogP contribution < -0.4 is 5.32 Å². The lowest BCUT2D eigenvalue weighted by Gasteiger charge is -2.12. The van der Waals surface area contributed by atoms with E-state index in [0.717, 1.165) is 19.3 Å². The summed E-state index contributed by atoms with van der Waals surface area (Å²) in [5.74, 6) is -1.95. The van der Waals surface area contributed by atoms with E-state index in [0.29, 0.717) is 6.42 Å². The first-order valence-corrected chi connectivity index (χ1v) is 9.16. The molecule has 0 bridgehead atoms. The first kappa shape index (κ1) is 22.6. The minimum Gasteiger partial charge on any atom is -0.480 e. The average Bonchev–Trinajstić information content (AvgIpc) is 2.52. The number of aliphatic hydroxyl groups excluding tert-OH is 1. The molecule has 0 radical (unpaired) electrons. The quantitative estimate of drug-likeness (QED) is 0.295. The lowest BCUT2D eigenvalue weighted by Crippen LogP contribution is -2.42. The van der Waals surface area contributed by atoms with Crippen LogP contribution in [0.25, 0.3) is 0 Å². The molecule has 0 aromatic rings. The van der Waals surface area contributed by atoms with Crippen molar-refractivity contribution in [2.24, 2.45) is 0 Å². The number of aliphatic carboxylic acids is 1. The summed E-state index contributed by atoms with van der Waals surface area (Å²) < 4.78 is 0. The Kier molecular flexibility index (Phi) is 14.2. The number of rotatable bonds is 16. The molecule has 140 valence electrons. The number of Topliss-reactive ketones (excluding diaryl/α,β-unsaturated/α-hetero) is 1. The van der Waals surface area contributed by atoms with E-state index in [-0.39, 0.29) is 25.2 Å². The maximum absolute atomic E-state index is 11.7. The van der Waals surface area contributed by atoms with Gasteiger partial charge in [-0.2, -0.15) is 0 Å². The van der Waals surface area contributed by atoms with Crippen molar-refractivity contribution in [2.45, 2.75) is 90.0 Å². The van der Waals surface area contributed by atoms with E-state index >= 15 is 0 Å². The number of nitrogens with one attached hydrogen (secondary N) is 1. The van der Waals surface area contributed by atoms with Crippen LogP contribution in [0, 0.1) is 0 Å². The van der Waals surface area contributed by atoms with Crippen molar-refractivity contribution in [3.63, 3.8) is 0 Å². The highest BCUT2D eigenvalue weighted by Gasteiger charge is 2.20. The Morgan fingerprint density at radius 1 is 0.917 bits per heavy atom. The zero-order valence-corrected chi connectivity index (χ0v) is 14.9. The minimum absolute atomic E-state index is 0.0620. The molecule has 0 aromatic carbocycles. The lowest BCUT2D eigenvalue weighted by atomic mass is 10.0. The highest BCUT2D eigenvalue weighted by atomic mass is 16.4. The molecular weight excluding hydrogens is 310 g/mol. The van der Waals surface area contributed by atoms with Gasteiger partial charge in [-0.05, 0) is 6.42 Å². The molecule has 0 spiro atoms. The van der Waals surface area contributed by atoms with E-state index in [1.165, 1.54) is 38.5 Å². The van der Waals surface area contributed by atoms with Gasteiger partial charge in [0.15, 0.2) is 0 Å². The van der Waals surface area contributed by atoms with Crippen LogP contribution in [0.2, 0.25) is 0 Å². The molecule has 3 N–H and O–H groups in total. The molecular formula is C18H33NO5. The van der Waals surface area contributed by atoms with Crippen molar-refractivity contribution < 1.29 is 24.6 Å². The van der Waals surface area contributed by atoms with Gasteiger partial charge < -0.3 is 15.5 Å². The minimum atomic E-state index is -1.20. The van der Waals surface area contributed by atoms with Gasteiger partial charge in [-0.25, -0.2) is 4.79 Å². The summed E-state index contributed by atoms with van der Waals surface area (Å²) in [6.07, 6.45) is 10.5. The van der Waals surface area contributed by atoms with Crippen molar-refractivity contribution in [1.82, 2.24) is 5.32 Å². The molecule has 0 saturated heterocycles. The van der Waals surface area contributed by atoms with E-state index in [4.69, 9.17) is 10.2 Å². The van der Waals surface area contributed by atoms with Crippen LogP contribution in [0.15, 0.2) is 0 Å². The third-order valence-corrected chi connectivity index (χ3v) is 3.97. The molecule has 0 rings (SSSR count). The highest BCUT2D eigenvalue weighted by Crippen LogP contribution is 2.11. The SMILES string of the molecule is CCCCCCCCCCCC(=O)CC(=O)NC(CCO)C(=O)O. The van der Waals surface area contributed by atoms with Crippen LogP contribution in [0.3, 0.4) is 0 Å². The first-order valence-electron chi connectivity index (χ1n) is 9.16. The second-order valence-electron chi connectivity index (χ2n) is 6.26. The van der Waals surface area contributed by atoms with E-state index < -0.39 is 17.9 Å². The predicted octanol–water partition coefficient (Wildman–Crippen LogP) is 2.82. The zero-order chi connectivity index (χ0) is 18.2. The number of carbonyl (C=O) groups is 3. The standard InChI is InChI=1S/C18H33NO5/c1-2-3-4-5-6-7-8-9-10-11-15(21)14-17(22)19-16(12-13-20)18(23)24/h16,20H,2-14H2,1H3,(H,19,22)(H,23,24). The number of ketones is 1. The molecule has 1 atom stereocenters. The fourth-order valence-electron chi connectivity index (χ4n) is 2.53. The summed E-state index contributed by atoms with van der Waals surface area (Å²) in [5, 5.41) is 19.9. The summed E-state index contributed by atoms with van der Waals surface area (Å²) in [6.45, 7) is 1.87. The number of unbranched alkanes of at least 4 members (excludes halogenated alkanes) is 8. The summed E-state index contributed by atoms with van der Waals surface area (Å²) in [4.78, 5) is 34.2. The Labute approximate surface area is 145 Å². The molecule has 0 saturated carbocycles. The van der Waals surface area contributed by atoms with Gasteiger partial charge in [0.1, 0.15) is 11.8 Å². The number of carboxylic acids is 1. The van der Waals surface area contributed by atoms with Gasteiger partial charge in [0.25, 0.3) is 0 Å². The molecule has 0 fully saturated rings. The van der Waals surface area contributed by atoms with Crippen LogP contribution >= 0.6 is 0 Å². The maximum Gasteiger partial charge on any atom is 0.326 e. The van der Waals surface area contributed by atoms with E-state index in [1.807, 2.05) is 0 Å². The Morgan fingerprint density at radius 3 is 1.96 bits per heavy atom. The number of hydrogen-bond donors (Lipinski definition) is 3. The van der Waals surface area contributed by atoms with Gasteiger partial charge in [0, 0.05) is 19.4 Å². The molecule has 0 aliphatic heterocycles. The van der Waals surface area contributed by atoms with Crippen molar-refractivity contribution in [2.75, 3.05) is 6.61 Å². The number of carbonyl (C=O) groups excluding carboxylic acids is 2. The van der Waals surface area contributed by atoms with Crippen molar-refractivity contribution in [3.05, 3.63) is 0 Å². The van der Waals surface area contributed by atoms with Crippen molar-refractivity contribution in [1.29, 1.82) is 0 Å². The number of hydrogen-bond acceptors (Lipinski definition) is 4. The molecule has 0 aromatic heterocycles. The highest BCUT2D eigenvalue weighted by molar-refractivity contribution is 5.99. The van der Waals surface area contributed by atoms with Crippen LogP contribution in [0.5, 0.6) is 0 Å². The molecule has 1 amide bonds. The smallest absolute Gasteiger partial charge is 0.326 e. The fourth-order valence-corrected chi connectivity index (χ4v) is 2.53. The molecule has 0 aliphatic carbocycles. The molecule has 0 heterocycles. The third kappa shape index (κ3) is 13.0. The normalized spacial score (nSPS) is 11.9. The monoisotopic (exact) mass is 343 g/mol. The first-order chi connectivity index (χ1) is 11.5. The van der Waals surface area contributed by atoms with Gasteiger partial charge in [-0.15, -0.1) is 0 Å². The van der Waals surface area contributed by atoms with Gasteiger partial charge in [0.05, 0.1) is 6.42 Å². The van der Waals surface area contributed by atoms with Gasteiger partial charge >= 0.3 is 5.97 Å². The van der Waals surface area contributed by atoms with Crippen molar-refractivity contribution in [3.8, 4) is 0 Å². The summed E-state index contributed by atoms with van der Waals surface area (Å²) in [6, 6.07) is -1.14. The zero-order valence-electron chi connectivity index (χ0n) is 14.9. The Balaban J connectivity index is 3.67. The lowest BCUT2D eigenvalue weighted by molar-refractivity contribution is -0.143. The molecule has 6 heteroatoms. The van der Waals surface area contributed by atoms with Gasteiger partial charge in [0.2, 0.25) is 5.91 Å². The van der Waals surface area contributed by atoms with Gasteiger partial charge in [-0.3, -0.25) is 9.59 Å². The fraction of sp³-hybridized carbons (Fsp3) is 0.833. The molecule has 1 unspecified atom stereocenters. The van der Waals surface area contributed by atoms with Gasteiger partial charge in [-0.1, -0.05) is 58.3 Å². The Bertz CT molecular complexity index is 370. The third-order valence-electron chi connectivity index (χ3n) is 3.97. The predicted molar refractivity (Wildman–Crippen MR) is 92.7 cm³/mol. The topological polar surface area (TPSA) is 104 Å². The maximum atomic E-state index is 11.7. The second kappa shape index (κ2) is 15.1. The molecule has 0 aliphatic rings. The van der Waals surface area contributed by atoms with E-state index in [1.54, 1.807) is 0 Å². The second-order valence-corrected chi connectivity index (χ2v) is 6.26. The Morgan fingerprint density at radius 2 is 1.46 bits per heavy atom. The van der Waals surface area contributed by atoms with Crippen molar-refractivity contribution >= 4 is 17.7 Å². The Hall–Kier alpha value is -1.43. The molecule has 6 nitrogen and oxygen atoms in total. The van der Waals surface area contributed by atoms with Crippen LogP contribution in [0.4, 0.5) is 0 Å². The van der Waals surface area contributed by atoms with Crippen LogP contribution in [-0.2, 0) is 14.4 Å². The summed E-state index contributed by atoms with van der Waals surface area (Å²) in [5.41, 5.74) is 0. The van der Waals surface area contributed by atoms with Crippen LogP contribution in [-0.4, -0.2) is 40.5 Å². The number of carboxylic acid groups (broad SMARTS) is 1. The van der Waals surface area contributed by atoms with E-state index in [9.17, 15) is 14.4 Å². The number of amides is 1. The summed E-state index contributed by atoms with van der Waals surface area (Å²) >= 11 is 0. The average molecular weight is 343 g/mol. The molecule has 24 heavy (non-hydrogen) atoms. The number of aliphatic hydroxyl groups is 1. The summed E-state index contributed by atoms with van der Waals surface area (Å²) in [7, 11) is 0. The van der Waals surface area contributed by atoms with Crippen LogP contribution in [0.1, 0.15) is 84.0 Å². The van der Waals surface area contributed by atoms with E-state index in [2.05, 4.69) is 12.2 Å².